The number of rotatable bonds is 5. The van der Waals surface area contributed by atoms with Crippen LogP contribution in [0.15, 0.2) is 22.8 Å². The van der Waals surface area contributed by atoms with Crippen LogP contribution in [-0.4, -0.2) is 16.9 Å². The molecule has 0 aliphatic heterocycles. The molecule has 0 saturated heterocycles. The van der Waals surface area contributed by atoms with Gasteiger partial charge in [-0.2, -0.15) is 0 Å². The summed E-state index contributed by atoms with van der Waals surface area (Å²) in [5.41, 5.74) is 0.470. The number of carbonyl (C=O) groups is 1. The van der Waals surface area contributed by atoms with E-state index in [0.29, 0.717) is 5.69 Å². The van der Waals surface area contributed by atoms with Crippen molar-refractivity contribution in [3.8, 4) is 0 Å². The third-order valence-electron chi connectivity index (χ3n) is 2.43. The summed E-state index contributed by atoms with van der Waals surface area (Å²) in [6, 6.07) is 3.80. The van der Waals surface area contributed by atoms with E-state index in [0.717, 1.165) is 23.7 Å². The minimum atomic E-state index is -0.0900. The highest BCUT2D eigenvalue weighted by atomic mass is 79.9. The third kappa shape index (κ3) is 3.93. The first kappa shape index (κ1) is 13.2. The number of aromatic nitrogens is 1. The maximum absolute atomic E-state index is 11.8. The molecule has 88 valence electrons. The Kier molecular flexibility index (Phi) is 5.46. The van der Waals surface area contributed by atoms with Crippen molar-refractivity contribution in [3.63, 3.8) is 0 Å². The van der Waals surface area contributed by atoms with E-state index in [1.165, 1.54) is 0 Å². The molecule has 1 unspecified atom stereocenters. The molecule has 3 nitrogen and oxygen atoms in total. The zero-order chi connectivity index (χ0) is 12.0. The lowest BCUT2D eigenvalue weighted by Gasteiger charge is -2.15. The van der Waals surface area contributed by atoms with E-state index in [1.807, 2.05) is 6.07 Å². The molecule has 1 atom stereocenters. The van der Waals surface area contributed by atoms with Crippen molar-refractivity contribution in [1.82, 2.24) is 10.3 Å². The van der Waals surface area contributed by atoms with E-state index < -0.39 is 0 Å². The van der Waals surface area contributed by atoms with Gasteiger partial charge in [0.05, 0.1) is 0 Å². The molecular weight excluding hydrogens is 268 g/mol. The molecule has 0 aliphatic carbocycles. The van der Waals surface area contributed by atoms with Crippen LogP contribution >= 0.6 is 15.9 Å². The summed E-state index contributed by atoms with van der Waals surface area (Å²) in [7, 11) is 0. The molecule has 0 saturated carbocycles. The van der Waals surface area contributed by atoms with Crippen molar-refractivity contribution in [3.05, 3.63) is 28.5 Å². The Morgan fingerprint density at radius 2 is 2.25 bits per heavy atom. The van der Waals surface area contributed by atoms with Gasteiger partial charge < -0.3 is 5.32 Å². The molecule has 4 heteroatoms. The number of halogens is 1. The number of nitrogens with zero attached hydrogens (tertiary/aromatic N) is 1. The standard InChI is InChI=1S/C12H17BrN2O/c1-3-5-10(4-2)15-12(16)11-7-6-9(13)8-14-11/h6-8,10H,3-5H2,1-2H3,(H,15,16). The Balaban J connectivity index is 2.60. The number of amides is 1. The maximum atomic E-state index is 11.8. The molecule has 16 heavy (non-hydrogen) atoms. The van der Waals surface area contributed by atoms with Gasteiger partial charge in [-0.15, -0.1) is 0 Å². The smallest absolute Gasteiger partial charge is 0.270 e. The van der Waals surface area contributed by atoms with Crippen LogP contribution in [0.1, 0.15) is 43.6 Å². The van der Waals surface area contributed by atoms with Gasteiger partial charge in [-0.25, -0.2) is 4.98 Å². The van der Waals surface area contributed by atoms with Gasteiger partial charge in [-0.1, -0.05) is 20.3 Å². The van der Waals surface area contributed by atoms with Crippen LogP contribution in [0.3, 0.4) is 0 Å². The van der Waals surface area contributed by atoms with Gasteiger partial charge >= 0.3 is 0 Å². The largest absolute Gasteiger partial charge is 0.348 e. The number of hydrogen-bond acceptors (Lipinski definition) is 2. The molecular formula is C12H17BrN2O. The summed E-state index contributed by atoms with van der Waals surface area (Å²) < 4.78 is 0.879. The van der Waals surface area contributed by atoms with E-state index >= 15 is 0 Å². The molecule has 1 aromatic rings. The minimum absolute atomic E-state index is 0.0900. The lowest BCUT2D eigenvalue weighted by molar-refractivity contribution is 0.0928. The predicted octanol–water partition coefficient (Wildman–Crippen LogP) is 3.15. The number of carbonyl (C=O) groups excluding carboxylic acids is 1. The van der Waals surface area contributed by atoms with Gasteiger partial charge in [0.2, 0.25) is 0 Å². The monoisotopic (exact) mass is 284 g/mol. The summed E-state index contributed by atoms with van der Waals surface area (Å²) in [4.78, 5) is 15.9. The average Bonchev–Trinajstić information content (AvgIpc) is 2.29. The molecule has 0 aromatic carbocycles. The zero-order valence-electron chi connectivity index (χ0n) is 9.66. The zero-order valence-corrected chi connectivity index (χ0v) is 11.3. The molecule has 0 aliphatic rings. The summed E-state index contributed by atoms with van der Waals surface area (Å²) in [6.45, 7) is 4.20. The first-order valence-electron chi connectivity index (χ1n) is 5.59. The highest BCUT2D eigenvalue weighted by molar-refractivity contribution is 9.10. The number of pyridine rings is 1. The summed E-state index contributed by atoms with van der Waals surface area (Å²) in [5.74, 6) is -0.0900. The van der Waals surface area contributed by atoms with Crippen LogP contribution in [0.5, 0.6) is 0 Å². The first-order valence-corrected chi connectivity index (χ1v) is 6.39. The van der Waals surface area contributed by atoms with Crippen LogP contribution in [0.4, 0.5) is 0 Å². The second-order valence-electron chi connectivity index (χ2n) is 3.73. The number of hydrogen-bond donors (Lipinski definition) is 1. The molecule has 0 fully saturated rings. The summed E-state index contributed by atoms with van der Waals surface area (Å²) in [6.07, 6.45) is 4.68. The molecule has 0 spiro atoms. The molecule has 0 bridgehead atoms. The van der Waals surface area contributed by atoms with Crippen molar-refractivity contribution >= 4 is 21.8 Å². The Morgan fingerprint density at radius 1 is 1.50 bits per heavy atom. The van der Waals surface area contributed by atoms with Crippen molar-refractivity contribution in [2.75, 3.05) is 0 Å². The average molecular weight is 285 g/mol. The lowest BCUT2D eigenvalue weighted by atomic mass is 10.1. The molecule has 1 amide bonds. The Hall–Kier alpha value is -0.900. The number of nitrogens with one attached hydrogen (secondary N) is 1. The van der Waals surface area contributed by atoms with Gasteiger partial charge in [-0.3, -0.25) is 4.79 Å². The molecule has 1 aromatic heterocycles. The quantitative estimate of drug-likeness (QED) is 0.903. The molecule has 1 heterocycles. The fourth-order valence-electron chi connectivity index (χ4n) is 1.50. The van der Waals surface area contributed by atoms with E-state index in [1.54, 1.807) is 12.3 Å². The van der Waals surface area contributed by atoms with E-state index in [4.69, 9.17) is 0 Å². The summed E-state index contributed by atoms with van der Waals surface area (Å²) >= 11 is 3.29. The van der Waals surface area contributed by atoms with Gasteiger partial charge in [0.25, 0.3) is 5.91 Å². The van der Waals surface area contributed by atoms with Gasteiger partial charge in [0, 0.05) is 16.7 Å². The maximum Gasteiger partial charge on any atom is 0.270 e. The van der Waals surface area contributed by atoms with Crippen LogP contribution in [-0.2, 0) is 0 Å². The van der Waals surface area contributed by atoms with Crippen LogP contribution in [0.2, 0.25) is 0 Å². The van der Waals surface area contributed by atoms with Crippen LogP contribution in [0.25, 0.3) is 0 Å². The minimum Gasteiger partial charge on any atom is -0.348 e. The fraction of sp³-hybridized carbons (Fsp3) is 0.500. The van der Waals surface area contributed by atoms with Gasteiger partial charge in [0.15, 0.2) is 0 Å². The van der Waals surface area contributed by atoms with E-state index in [2.05, 4.69) is 40.1 Å². The lowest BCUT2D eigenvalue weighted by Crippen LogP contribution is -2.34. The first-order chi connectivity index (χ1) is 7.67. The van der Waals surface area contributed by atoms with Crippen LogP contribution in [0, 0.1) is 0 Å². The van der Waals surface area contributed by atoms with Crippen molar-refractivity contribution in [2.45, 2.75) is 39.2 Å². The molecule has 0 radical (unpaired) electrons. The Morgan fingerprint density at radius 3 is 2.75 bits per heavy atom. The topological polar surface area (TPSA) is 42.0 Å². The van der Waals surface area contributed by atoms with Crippen molar-refractivity contribution in [1.29, 1.82) is 0 Å². The molecule has 1 N–H and O–H groups in total. The summed E-state index contributed by atoms with van der Waals surface area (Å²) in [5, 5.41) is 2.99. The Labute approximate surface area is 105 Å². The fourth-order valence-corrected chi connectivity index (χ4v) is 1.73. The van der Waals surface area contributed by atoms with Crippen molar-refractivity contribution < 1.29 is 4.79 Å². The highest BCUT2D eigenvalue weighted by Gasteiger charge is 2.11. The van der Waals surface area contributed by atoms with Gasteiger partial charge in [0.1, 0.15) is 5.69 Å². The SMILES string of the molecule is CCCC(CC)NC(=O)c1ccc(Br)cn1. The second-order valence-corrected chi connectivity index (χ2v) is 4.64. The van der Waals surface area contributed by atoms with E-state index in [-0.39, 0.29) is 11.9 Å². The van der Waals surface area contributed by atoms with E-state index in [9.17, 15) is 4.79 Å². The predicted molar refractivity (Wildman–Crippen MR) is 68.4 cm³/mol. The third-order valence-corrected chi connectivity index (χ3v) is 2.89. The Bertz CT molecular complexity index is 337. The van der Waals surface area contributed by atoms with Gasteiger partial charge in [-0.05, 0) is 40.9 Å². The van der Waals surface area contributed by atoms with Crippen LogP contribution < -0.4 is 5.32 Å². The normalized spacial score (nSPS) is 12.2. The second kappa shape index (κ2) is 6.63. The highest BCUT2D eigenvalue weighted by Crippen LogP contribution is 2.08. The van der Waals surface area contributed by atoms with Crippen molar-refractivity contribution in [2.24, 2.45) is 0 Å². The molecule has 1 rings (SSSR count).